The highest BCUT2D eigenvalue weighted by molar-refractivity contribution is 8.00. The Kier molecular flexibility index (Phi) is 6.51. The zero-order valence-corrected chi connectivity index (χ0v) is 14.9. The molecule has 126 valence electrons. The molecule has 0 spiro atoms. The van der Waals surface area contributed by atoms with Crippen molar-refractivity contribution in [1.82, 2.24) is 5.32 Å². The van der Waals surface area contributed by atoms with Crippen molar-refractivity contribution in [2.24, 2.45) is 5.92 Å². The van der Waals surface area contributed by atoms with Crippen molar-refractivity contribution < 1.29 is 9.59 Å². The largest absolute Gasteiger partial charge is 0.344 e. The number of carbonyl (C=O) groups excluding carboxylic acids is 2. The van der Waals surface area contributed by atoms with Crippen LogP contribution in [-0.2, 0) is 9.59 Å². The fourth-order valence-corrected chi connectivity index (χ4v) is 4.04. The second-order valence-corrected chi connectivity index (χ2v) is 7.83. The summed E-state index contributed by atoms with van der Waals surface area (Å²) in [5.41, 5.74) is 0.766. The van der Waals surface area contributed by atoms with Gasteiger partial charge in [-0.15, -0.1) is 11.8 Å². The molecular weight excluding hydrogens is 308 g/mol. The molecule has 5 heteroatoms. The lowest BCUT2D eigenvalue weighted by atomic mass is 10.0. The van der Waals surface area contributed by atoms with Crippen LogP contribution in [0.2, 0.25) is 0 Å². The fourth-order valence-electron chi connectivity index (χ4n) is 2.79. The molecule has 2 N–H and O–H groups in total. The molecular formula is C18H26N2O2S. The van der Waals surface area contributed by atoms with E-state index in [9.17, 15) is 9.59 Å². The molecule has 2 amide bonds. The molecule has 1 aromatic carbocycles. The maximum absolute atomic E-state index is 12.3. The van der Waals surface area contributed by atoms with Crippen molar-refractivity contribution >= 4 is 29.3 Å². The van der Waals surface area contributed by atoms with Gasteiger partial charge in [-0.25, -0.2) is 0 Å². The number of hydrogen-bond donors (Lipinski definition) is 2. The van der Waals surface area contributed by atoms with E-state index in [1.165, 1.54) is 37.5 Å². The molecule has 1 aromatic rings. The van der Waals surface area contributed by atoms with Crippen molar-refractivity contribution in [3.8, 4) is 0 Å². The van der Waals surface area contributed by atoms with Gasteiger partial charge in [-0.1, -0.05) is 26.7 Å². The predicted octanol–water partition coefficient (Wildman–Crippen LogP) is 3.82. The Morgan fingerprint density at radius 3 is 2.26 bits per heavy atom. The monoisotopic (exact) mass is 334 g/mol. The third-order valence-electron chi connectivity index (χ3n) is 4.03. The quantitative estimate of drug-likeness (QED) is 0.831. The first-order valence-electron chi connectivity index (χ1n) is 8.30. The standard InChI is InChI=1S/C18H26N2O2S/c1-12(2)17(19-13(3)21)18(22)20-14-8-10-16(11-9-14)23-15-6-4-5-7-15/h8-12,15,17H,4-7H2,1-3H3,(H,19,21)(H,20,22). The zero-order chi connectivity index (χ0) is 16.8. The normalized spacial score (nSPS) is 16.3. The third-order valence-corrected chi connectivity index (χ3v) is 5.38. The summed E-state index contributed by atoms with van der Waals surface area (Å²) < 4.78 is 0. The van der Waals surface area contributed by atoms with E-state index in [1.54, 1.807) is 0 Å². The molecule has 0 aromatic heterocycles. The summed E-state index contributed by atoms with van der Waals surface area (Å²) in [7, 11) is 0. The maximum Gasteiger partial charge on any atom is 0.247 e. The summed E-state index contributed by atoms with van der Waals surface area (Å²) >= 11 is 1.93. The van der Waals surface area contributed by atoms with Crippen molar-refractivity contribution in [2.45, 2.75) is 62.6 Å². The number of hydrogen-bond acceptors (Lipinski definition) is 3. The number of thioether (sulfide) groups is 1. The summed E-state index contributed by atoms with van der Waals surface area (Å²) in [4.78, 5) is 24.8. The van der Waals surface area contributed by atoms with E-state index in [0.29, 0.717) is 0 Å². The average molecular weight is 334 g/mol. The molecule has 0 bridgehead atoms. The van der Waals surface area contributed by atoms with Gasteiger partial charge in [0, 0.05) is 22.8 Å². The van der Waals surface area contributed by atoms with E-state index in [2.05, 4.69) is 22.8 Å². The SMILES string of the molecule is CC(=O)NC(C(=O)Nc1ccc(SC2CCCC2)cc1)C(C)C. The lowest BCUT2D eigenvalue weighted by molar-refractivity contribution is -0.126. The van der Waals surface area contributed by atoms with Crippen molar-refractivity contribution in [3.63, 3.8) is 0 Å². The minimum atomic E-state index is -0.514. The van der Waals surface area contributed by atoms with E-state index in [1.807, 2.05) is 37.7 Å². The molecule has 4 nitrogen and oxygen atoms in total. The van der Waals surface area contributed by atoms with Gasteiger partial charge >= 0.3 is 0 Å². The first-order chi connectivity index (χ1) is 11.0. The third kappa shape index (κ3) is 5.57. The highest BCUT2D eigenvalue weighted by Gasteiger charge is 2.23. The molecule has 0 heterocycles. The molecule has 1 aliphatic carbocycles. The minimum absolute atomic E-state index is 0.0381. The van der Waals surface area contributed by atoms with Gasteiger partial charge in [0.25, 0.3) is 0 Å². The molecule has 1 saturated carbocycles. The first-order valence-corrected chi connectivity index (χ1v) is 9.18. The summed E-state index contributed by atoms with van der Waals surface area (Å²) in [6.45, 7) is 5.26. The number of anilines is 1. The second-order valence-electron chi connectivity index (χ2n) is 6.46. The fraction of sp³-hybridized carbons (Fsp3) is 0.556. The van der Waals surface area contributed by atoms with Gasteiger partial charge in [-0.3, -0.25) is 9.59 Å². The van der Waals surface area contributed by atoms with Gasteiger partial charge in [-0.05, 0) is 43.0 Å². The van der Waals surface area contributed by atoms with E-state index in [-0.39, 0.29) is 17.7 Å². The molecule has 23 heavy (non-hydrogen) atoms. The maximum atomic E-state index is 12.3. The Morgan fingerprint density at radius 2 is 1.74 bits per heavy atom. The van der Waals surface area contributed by atoms with Crippen LogP contribution in [0.3, 0.4) is 0 Å². The molecule has 0 radical (unpaired) electrons. The Morgan fingerprint density at radius 1 is 1.13 bits per heavy atom. The number of rotatable bonds is 6. The Hall–Kier alpha value is -1.49. The number of carbonyl (C=O) groups is 2. The highest BCUT2D eigenvalue weighted by Crippen LogP contribution is 2.34. The lowest BCUT2D eigenvalue weighted by Crippen LogP contribution is -2.46. The molecule has 1 atom stereocenters. The molecule has 0 aliphatic heterocycles. The van der Waals surface area contributed by atoms with Crippen LogP contribution in [-0.4, -0.2) is 23.1 Å². The topological polar surface area (TPSA) is 58.2 Å². The van der Waals surface area contributed by atoms with Gasteiger partial charge in [-0.2, -0.15) is 0 Å². The van der Waals surface area contributed by atoms with Gasteiger partial charge in [0.1, 0.15) is 6.04 Å². The average Bonchev–Trinajstić information content (AvgIpc) is 2.99. The van der Waals surface area contributed by atoms with Crippen LogP contribution in [0.1, 0.15) is 46.5 Å². The van der Waals surface area contributed by atoms with E-state index >= 15 is 0 Å². The van der Waals surface area contributed by atoms with Gasteiger partial charge in [0.2, 0.25) is 11.8 Å². The van der Waals surface area contributed by atoms with Crippen LogP contribution in [0.15, 0.2) is 29.2 Å². The second kappa shape index (κ2) is 8.39. The minimum Gasteiger partial charge on any atom is -0.344 e. The number of nitrogens with one attached hydrogen (secondary N) is 2. The van der Waals surface area contributed by atoms with Crippen molar-refractivity contribution in [1.29, 1.82) is 0 Å². The molecule has 1 unspecified atom stereocenters. The van der Waals surface area contributed by atoms with E-state index in [0.717, 1.165) is 10.9 Å². The molecule has 0 saturated heterocycles. The highest BCUT2D eigenvalue weighted by atomic mass is 32.2. The lowest BCUT2D eigenvalue weighted by Gasteiger charge is -2.21. The Bertz CT molecular complexity index is 536. The number of amides is 2. The van der Waals surface area contributed by atoms with Crippen molar-refractivity contribution in [2.75, 3.05) is 5.32 Å². The first kappa shape index (κ1) is 17.9. The molecule has 1 aliphatic rings. The van der Waals surface area contributed by atoms with Crippen LogP contribution < -0.4 is 10.6 Å². The summed E-state index contributed by atoms with van der Waals surface area (Å²) in [5.74, 6) is -0.329. The van der Waals surface area contributed by atoms with Crippen molar-refractivity contribution in [3.05, 3.63) is 24.3 Å². The smallest absolute Gasteiger partial charge is 0.247 e. The Labute approximate surface area is 142 Å². The van der Waals surface area contributed by atoms with Gasteiger partial charge < -0.3 is 10.6 Å². The predicted molar refractivity (Wildman–Crippen MR) is 95.6 cm³/mol. The summed E-state index contributed by atoms with van der Waals surface area (Å²) in [6.07, 6.45) is 5.28. The Balaban J connectivity index is 1.93. The zero-order valence-electron chi connectivity index (χ0n) is 14.1. The summed E-state index contributed by atoms with van der Waals surface area (Å²) in [6, 6.07) is 7.46. The van der Waals surface area contributed by atoms with E-state index in [4.69, 9.17) is 0 Å². The van der Waals surface area contributed by atoms with Crippen LogP contribution >= 0.6 is 11.8 Å². The van der Waals surface area contributed by atoms with Crippen LogP contribution in [0, 0.1) is 5.92 Å². The van der Waals surface area contributed by atoms with Crippen LogP contribution in [0.25, 0.3) is 0 Å². The number of benzene rings is 1. The van der Waals surface area contributed by atoms with E-state index < -0.39 is 6.04 Å². The van der Waals surface area contributed by atoms with Gasteiger partial charge in [0.15, 0.2) is 0 Å². The van der Waals surface area contributed by atoms with Crippen LogP contribution in [0.5, 0.6) is 0 Å². The summed E-state index contributed by atoms with van der Waals surface area (Å²) in [5, 5.41) is 6.33. The van der Waals surface area contributed by atoms with Gasteiger partial charge in [0.05, 0.1) is 0 Å². The molecule has 2 rings (SSSR count). The molecule has 1 fully saturated rings. The van der Waals surface area contributed by atoms with Crippen LogP contribution in [0.4, 0.5) is 5.69 Å².